The third-order valence-electron chi connectivity index (χ3n) is 6.03. The average molecular weight is 459 g/mol. The van der Waals surface area contributed by atoms with E-state index in [1.807, 2.05) is 0 Å². The van der Waals surface area contributed by atoms with Gasteiger partial charge in [0, 0.05) is 26.1 Å². The quantitative estimate of drug-likeness (QED) is 0.490. The van der Waals surface area contributed by atoms with Crippen LogP contribution in [0.1, 0.15) is 46.4 Å². The largest absolute Gasteiger partial charge is 0.343 e. The van der Waals surface area contributed by atoms with Crippen molar-refractivity contribution in [3.63, 3.8) is 0 Å². The maximum atomic E-state index is 13.1. The summed E-state index contributed by atoms with van der Waals surface area (Å²) in [5, 5.41) is -0.615. The molecular weight excluding hydrogens is 435 g/mol. The number of piperidine rings is 1. The highest BCUT2D eigenvalue weighted by atomic mass is 32.2. The van der Waals surface area contributed by atoms with E-state index in [1.165, 1.54) is 17.0 Å². The number of likely N-dealkylation sites (tertiary alicyclic amines) is 1. The second-order valence-electron chi connectivity index (χ2n) is 7.99. The molecule has 7 nitrogen and oxygen atoms in total. The van der Waals surface area contributed by atoms with Crippen molar-refractivity contribution in [3.05, 3.63) is 65.5 Å². The van der Waals surface area contributed by atoms with Gasteiger partial charge in [-0.05, 0) is 55.7 Å². The topological polar surface area (TPSA) is 91.8 Å². The highest BCUT2D eigenvalue weighted by Crippen LogP contribution is 2.26. The molecule has 1 saturated heterocycles. The molecule has 4 rings (SSSR count). The smallest absolute Gasteiger partial charge is 0.261 e. The van der Waals surface area contributed by atoms with E-state index in [0.29, 0.717) is 43.5 Å². The molecule has 0 saturated carbocycles. The van der Waals surface area contributed by atoms with E-state index in [0.717, 1.165) is 12.1 Å². The minimum Gasteiger partial charge on any atom is -0.343 e. The van der Waals surface area contributed by atoms with Crippen molar-refractivity contribution in [3.8, 4) is 0 Å². The van der Waals surface area contributed by atoms with E-state index >= 15 is 0 Å². The number of imide groups is 1. The molecule has 2 aliphatic rings. The molecule has 32 heavy (non-hydrogen) atoms. The Morgan fingerprint density at radius 2 is 1.50 bits per heavy atom. The first kappa shape index (κ1) is 22.1. The summed E-state index contributed by atoms with van der Waals surface area (Å²) in [6.45, 7) is 0.793. The molecule has 0 N–H and O–H groups in total. The monoisotopic (exact) mass is 458 g/mol. The van der Waals surface area contributed by atoms with Gasteiger partial charge in [-0.15, -0.1) is 0 Å². The van der Waals surface area contributed by atoms with Crippen LogP contribution in [0.2, 0.25) is 0 Å². The minimum absolute atomic E-state index is 0.0876. The van der Waals surface area contributed by atoms with Gasteiger partial charge in [0.05, 0.1) is 21.3 Å². The fourth-order valence-corrected chi connectivity index (χ4v) is 5.95. The lowest BCUT2D eigenvalue weighted by Gasteiger charge is -2.32. The predicted molar refractivity (Wildman–Crippen MR) is 114 cm³/mol. The van der Waals surface area contributed by atoms with Crippen LogP contribution in [0.25, 0.3) is 0 Å². The lowest BCUT2D eigenvalue weighted by atomic mass is 10.1. The number of sulfone groups is 1. The molecule has 0 atom stereocenters. The molecule has 0 bridgehead atoms. The zero-order valence-corrected chi connectivity index (χ0v) is 18.2. The van der Waals surface area contributed by atoms with Crippen LogP contribution in [-0.4, -0.2) is 60.8 Å². The van der Waals surface area contributed by atoms with Crippen LogP contribution in [0, 0.1) is 5.82 Å². The van der Waals surface area contributed by atoms with Gasteiger partial charge in [-0.2, -0.15) is 0 Å². The molecule has 0 aromatic heterocycles. The Kier molecular flexibility index (Phi) is 6.10. The van der Waals surface area contributed by atoms with Crippen molar-refractivity contribution in [1.29, 1.82) is 0 Å². The number of hydrogen-bond donors (Lipinski definition) is 0. The van der Waals surface area contributed by atoms with E-state index < -0.39 is 20.9 Å². The maximum absolute atomic E-state index is 13.1. The summed E-state index contributed by atoms with van der Waals surface area (Å²) in [7, 11) is -3.58. The van der Waals surface area contributed by atoms with Gasteiger partial charge in [-0.1, -0.05) is 12.1 Å². The second kappa shape index (κ2) is 8.82. The van der Waals surface area contributed by atoms with Gasteiger partial charge in [0.1, 0.15) is 5.82 Å². The van der Waals surface area contributed by atoms with Crippen molar-refractivity contribution in [2.75, 3.05) is 19.6 Å². The first-order valence-corrected chi connectivity index (χ1v) is 12.1. The van der Waals surface area contributed by atoms with E-state index in [2.05, 4.69) is 0 Å². The van der Waals surface area contributed by atoms with Crippen LogP contribution < -0.4 is 0 Å². The van der Waals surface area contributed by atoms with E-state index in [-0.39, 0.29) is 35.6 Å². The van der Waals surface area contributed by atoms with Crippen molar-refractivity contribution < 1.29 is 27.2 Å². The molecule has 1 fully saturated rings. The molecule has 2 heterocycles. The van der Waals surface area contributed by atoms with Crippen LogP contribution in [0.3, 0.4) is 0 Å². The number of hydrogen-bond acceptors (Lipinski definition) is 5. The number of amides is 3. The second-order valence-corrected chi connectivity index (χ2v) is 10.2. The lowest BCUT2D eigenvalue weighted by molar-refractivity contribution is -0.132. The summed E-state index contributed by atoms with van der Waals surface area (Å²) < 4.78 is 38.6. The molecule has 2 aromatic rings. The molecule has 2 aromatic carbocycles. The normalized spacial score (nSPS) is 17.0. The van der Waals surface area contributed by atoms with Crippen molar-refractivity contribution in [1.82, 2.24) is 9.80 Å². The summed E-state index contributed by atoms with van der Waals surface area (Å²) in [5.41, 5.74) is 0.765. The molecule has 0 radical (unpaired) electrons. The summed E-state index contributed by atoms with van der Waals surface area (Å²) in [4.78, 5) is 40.2. The lowest BCUT2D eigenvalue weighted by Crippen LogP contribution is -2.42. The first-order valence-electron chi connectivity index (χ1n) is 10.5. The Balaban J connectivity index is 1.27. The highest BCUT2D eigenvalue weighted by Gasteiger charge is 2.35. The van der Waals surface area contributed by atoms with Gasteiger partial charge in [0.2, 0.25) is 5.91 Å². The molecule has 9 heteroatoms. The van der Waals surface area contributed by atoms with Crippen molar-refractivity contribution >= 4 is 27.6 Å². The average Bonchev–Trinajstić information content (AvgIpc) is 3.04. The van der Waals surface area contributed by atoms with E-state index in [1.54, 1.807) is 29.2 Å². The van der Waals surface area contributed by atoms with Gasteiger partial charge in [-0.25, -0.2) is 12.8 Å². The van der Waals surface area contributed by atoms with Gasteiger partial charge in [0.15, 0.2) is 9.84 Å². The number of benzene rings is 2. The van der Waals surface area contributed by atoms with Crippen LogP contribution in [0.4, 0.5) is 4.39 Å². The Morgan fingerprint density at radius 3 is 2.06 bits per heavy atom. The standard InChI is InChI=1S/C23H23FN2O5S/c24-16-7-9-17(10-8-16)32(30,31)18-11-14-25(15-12-18)21(27)6-3-13-26-22(28)19-4-1-2-5-20(19)23(26)29/h1-2,4-5,7-10,18H,3,6,11-15H2. The maximum Gasteiger partial charge on any atom is 0.261 e. The Hall–Kier alpha value is -3.07. The molecule has 0 spiro atoms. The Morgan fingerprint density at radius 1 is 0.938 bits per heavy atom. The van der Waals surface area contributed by atoms with Crippen LogP contribution in [0.15, 0.2) is 53.4 Å². The molecule has 0 unspecified atom stereocenters. The van der Waals surface area contributed by atoms with E-state index in [4.69, 9.17) is 0 Å². The van der Waals surface area contributed by atoms with E-state index in [9.17, 15) is 27.2 Å². The molecule has 168 valence electrons. The van der Waals surface area contributed by atoms with Gasteiger partial charge < -0.3 is 4.90 Å². The molecule has 3 amide bonds. The van der Waals surface area contributed by atoms with Crippen LogP contribution >= 0.6 is 0 Å². The number of carbonyl (C=O) groups is 3. The van der Waals surface area contributed by atoms with Crippen molar-refractivity contribution in [2.45, 2.75) is 35.8 Å². The third-order valence-corrected chi connectivity index (χ3v) is 8.30. The fraction of sp³-hybridized carbons (Fsp3) is 0.348. The van der Waals surface area contributed by atoms with Crippen molar-refractivity contribution in [2.24, 2.45) is 0 Å². The van der Waals surface area contributed by atoms with Crippen LogP contribution in [0.5, 0.6) is 0 Å². The fourth-order valence-electron chi connectivity index (χ4n) is 4.22. The molecular formula is C23H23FN2O5S. The number of carbonyl (C=O) groups excluding carboxylic acids is 3. The molecule has 0 aliphatic carbocycles. The summed E-state index contributed by atoms with van der Waals surface area (Å²) >= 11 is 0. The number of nitrogens with zero attached hydrogens (tertiary/aromatic N) is 2. The SMILES string of the molecule is O=C(CCCN1C(=O)c2ccccc2C1=O)N1CCC(S(=O)(=O)c2ccc(F)cc2)CC1. The minimum atomic E-state index is -3.58. The van der Waals surface area contributed by atoms with Gasteiger partial charge >= 0.3 is 0 Å². The number of fused-ring (bicyclic) bond motifs is 1. The highest BCUT2D eigenvalue weighted by molar-refractivity contribution is 7.92. The third kappa shape index (κ3) is 4.17. The Bertz CT molecular complexity index is 1120. The van der Waals surface area contributed by atoms with Gasteiger partial charge in [-0.3, -0.25) is 19.3 Å². The summed E-state index contributed by atoms with van der Waals surface area (Å²) in [6.07, 6.45) is 1.13. The predicted octanol–water partition coefficient (Wildman–Crippen LogP) is 2.67. The molecule has 2 aliphatic heterocycles. The Labute approximate surface area is 185 Å². The zero-order valence-electron chi connectivity index (χ0n) is 17.4. The summed E-state index contributed by atoms with van der Waals surface area (Å²) in [6, 6.07) is 11.4. The zero-order chi connectivity index (χ0) is 22.9. The number of rotatable bonds is 6. The van der Waals surface area contributed by atoms with Crippen LogP contribution in [-0.2, 0) is 14.6 Å². The first-order chi connectivity index (χ1) is 15.3. The van der Waals surface area contributed by atoms with Gasteiger partial charge in [0.25, 0.3) is 11.8 Å². The summed E-state index contributed by atoms with van der Waals surface area (Å²) in [5.74, 6) is -1.31. The number of halogens is 1.